The van der Waals surface area contributed by atoms with Gasteiger partial charge in [0, 0.05) is 5.56 Å². The van der Waals surface area contributed by atoms with Gasteiger partial charge in [0.25, 0.3) is 11.7 Å². The van der Waals surface area contributed by atoms with Crippen molar-refractivity contribution in [3.05, 3.63) is 89.4 Å². The highest BCUT2D eigenvalue weighted by Crippen LogP contribution is 2.41. The second kappa shape index (κ2) is 10.3. The maximum atomic E-state index is 13.2. The summed E-state index contributed by atoms with van der Waals surface area (Å²) in [4.78, 5) is 27.7. The summed E-state index contributed by atoms with van der Waals surface area (Å²) in [7, 11) is 1.55. The third kappa shape index (κ3) is 4.69. The Morgan fingerprint density at radius 3 is 2.53 bits per heavy atom. The lowest BCUT2D eigenvalue weighted by molar-refractivity contribution is -0.140. The average molecular weight is 462 g/mol. The van der Waals surface area contributed by atoms with E-state index in [1.165, 1.54) is 11.2 Å². The van der Waals surface area contributed by atoms with E-state index in [1.807, 2.05) is 24.3 Å². The number of unbranched alkanes of at least 4 members (excludes halogenated alkanes) is 1. The van der Waals surface area contributed by atoms with Crippen LogP contribution in [0.1, 0.15) is 42.7 Å². The minimum Gasteiger partial charge on any atom is -0.507 e. The summed E-state index contributed by atoms with van der Waals surface area (Å²) in [6, 6.07) is 16.6. The number of methoxy groups -OCH3 is 1. The quantitative estimate of drug-likeness (QED) is 0.207. The number of amides is 1. The van der Waals surface area contributed by atoms with Crippen LogP contribution in [-0.2, 0) is 16.1 Å². The second-order valence-electron chi connectivity index (χ2n) is 8.01. The summed E-state index contributed by atoms with van der Waals surface area (Å²) in [6.07, 6.45) is 3.43. The molecule has 2 heterocycles. The summed E-state index contributed by atoms with van der Waals surface area (Å²) in [6.45, 7) is 2.74. The first-order valence-corrected chi connectivity index (χ1v) is 11.2. The summed E-state index contributed by atoms with van der Waals surface area (Å²) < 4.78 is 16.5. The van der Waals surface area contributed by atoms with Gasteiger partial charge in [-0.2, -0.15) is 0 Å². The summed E-state index contributed by atoms with van der Waals surface area (Å²) in [5.41, 5.74) is 1.10. The number of nitrogens with zero attached hydrogens (tertiary/aromatic N) is 1. The van der Waals surface area contributed by atoms with Crippen molar-refractivity contribution in [3.8, 4) is 11.5 Å². The molecule has 1 unspecified atom stereocenters. The fourth-order valence-electron chi connectivity index (χ4n) is 3.97. The van der Waals surface area contributed by atoms with Crippen molar-refractivity contribution >= 4 is 17.4 Å². The van der Waals surface area contributed by atoms with E-state index in [0.29, 0.717) is 35.0 Å². The number of carbonyl (C=O) groups is 2. The van der Waals surface area contributed by atoms with Gasteiger partial charge in [0.05, 0.1) is 38.1 Å². The monoisotopic (exact) mass is 461 g/mol. The van der Waals surface area contributed by atoms with Gasteiger partial charge in [0.2, 0.25) is 0 Å². The van der Waals surface area contributed by atoms with E-state index in [9.17, 15) is 14.7 Å². The molecule has 1 amide bonds. The number of Topliss-reactive ketones (excluding diaryl/α,β-unsaturated/α-hetero) is 1. The van der Waals surface area contributed by atoms with Crippen LogP contribution in [0, 0.1) is 0 Å². The molecule has 7 heteroatoms. The molecule has 1 N–H and O–H groups in total. The Kier molecular flexibility index (Phi) is 7.01. The van der Waals surface area contributed by atoms with Gasteiger partial charge >= 0.3 is 0 Å². The molecule has 1 aliphatic heterocycles. The number of aliphatic hydroxyl groups excluding tert-OH is 1. The molecule has 34 heavy (non-hydrogen) atoms. The van der Waals surface area contributed by atoms with Crippen LogP contribution in [0.3, 0.4) is 0 Å². The number of rotatable bonds is 9. The predicted molar refractivity (Wildman–Crippen MR) is 126 cm³/mol. The van der Waals surface area contributed by atoms with Gasteiger partial charge in [0.1, 0.15) is 23.0 Å². The zero-order chi connectivity index (χ0) is 24.1. The van der Waals surface area contributed by atoms with E-state index < -0.39 is 17.7 Å². The Balaban J connectivity index is 1.79. The molecule has 1 atom stereocenters. The van der Waals surface area contributed by atoms with Gasteiger partial charge in [-0.15, -0.1) is 0 Å². The molecule has 3 aromatic rings. The van der Waals surface area contributed by atoms with E-state index in [-0.39, 0.29) is 17.9 Å². The number of aliphatic hydroxyl groups is 1. The number of furan rings is 1. The van der Waals surface area contributed by atoms with Crippen LogP contribution in [0.2, 0.25) is 0 Å². The van der Waals surface area contributed by atoms with Crippen molar-refractivity contribution in [1.29, 1.82) is 0 Å². The van der Waals surface area contributed by atoms with E-state index in [4.69, 9.17) is 13.9 Å². The van der Waals surface area contributed by atoms with E-state index in [2.05, 4.69) is 6.92 Å². The first-order chi connectivity index (χ1) is 16.5. The Morgan fingerprint density at radius 1 is 1.06 bits per heavy atom. The van der Waals surface area contributed by atoms with Crippen LogP contribution < -0.4 is 9.47 Å². The molecule has 0 radical (unpaired) electrons. The Labute approximate surface area is 198 Å². The Bertz CT molecular complexity index is 1180. The number of hydrogen-bond acceptors (Lipinski definition) is 6. The average Bonchev–Trinajstić information content (AvgIpc) is 3.46. The number of hydrogen-bond donors (Lipinski definition) is 1. The summed E-state index contributed by atoms with van der Waals surface area (Å²) >= 11 is 0. The predicted octanol–water partition coefficient (Wildman–Crippen LogP) is 5.09. The van der Waals surface area contributed by atoms with Crippen molar-refractivity contribution in [2.24, 2.45) is 0 Å². The van der Waals surface area contributed by atoms with E-state index >= 15 is 0 Å². The first kappa shape index (κ1) is 23.2. The molecule has 2 aromatic carbocycles. The molecule has 0 spiro atoms. The van der Waals surface area contributed by atoms with Gasteiger partial charge in [-0.05, 0) is 60.5 Å². The Morgan fingerprint density at radius 2 is 1.85 bits per heavy atom. The molecule has 176 valence electrons. The minimum absolute atomic E-state index is 0.0208. The topological polar surface area (TPSA) is 89.2 Å². The minimum atomic E-state index is -0.804. The zero-order valence-electron chi connectivity index (χ0n) is 19.2. The number of benzene rings is 2. The largest absolute Gasteiger partial charge is 0.507 e. The molecule has 7 nitrogen and oxygen atoms in total. The van der Waals surface area contributed by atoms with Crippen molar-refractivity contribution in [2.75, 3.05) is 13.7 Å². The lowest BCUT2D eigenvalue weighted by atomic mass is 9.95. The molecular weight excluding hydrogens is 434 g/mol. The molecule has 0 saturated carbocycles. The molecular formula is C27H27NO6. The van der Waals surface area contributed by atoms with Gasteiger partial charge in [-0.1, -0.05) is 25.5 Å². The fraction of sp³-hybridized carbons (Fsp3) is 0.259. The SMILES string of the molecule is CCCCOc1cccc(C2C(=C(O)c3ccc(OC)cc3)C(=O)C(=O)N2Cc2ccco2)c1. The van der Waals surface area contributed by atoms with Gasteiger partial charge in [-0.25, -0.2) is 0 Å². The molecule has 1 saturated heterocycles. The van der Waals surface area contributed by atoms with Gasteiger partial charge in [-0.3, -0.25) is 9.59 Å². The zero-order valence-corrected chi connectivity index (χ0v) is 19.2. The summed E-state index contributed by atoms with van der Waals surface area (Å²) in [5, 5.41) is 11.2. The number of ketones is 1. The van der Waals surface area contributed by atoms with Crippen LogP contribution in [0.25, 0.3) is 5.76 Å². The second-order valence-corrected chi connectivity index (χ2v) is 8.01. The standard InChI is InChI=1S/C27H27NO6/c1-3-4-14-33-21-8-5-7-19(16-21)24-23(25(29)18-10-12-20(32-2)13-11-18)26(30)27(31)28(24)17-22-9-6-15-34-22/h5-13,15-16,24,29H,3-4,14,17H2,1-2H3. The Hall–Kier alpha value is -4.00. The molecule has 0 bridgehead atoms. The van der Waals surface area contributed by atoms with Crippen LogP contribution >= 0.6 is 0 Å². The van der Waals surface area contributed by atoms with Crippen LogP contribution in [0.5, 0.6) is 11.5 Å². The maximum absolute atomic E-state index is 13.2. The van der Waals surface area contributed by atoms with Crippen molar-refractivity contribution in [1.82, 2.24) is 4.90 Å². The highest BCUT2D eigenvalue weighted by Gasteiger charge is 2.46. The van der Waals surface area contributed by atoms with Crippen LogP contribution in [-0.4, -0.2) is 35.4 Å². The van der Waals surface area contributed by atoms with Crippen LogP contribution in [0.4, 0.5) is 0 Å². The van der Waals surface area contributed by atoms with Gasteiger partial charge < -0.3 is 23.9 Å². The lowest BCUT2D eigenvalue weighted by Crippen LogP contribution is -2.29. The molecule has 1 fully saturated rings. The normalized spacial score (nSPS) is 17.2. The van der Waals surface area contributed by atoms with E-state index in [1.54, 1.807) is 43.5 Å². The van der Waals surface area contributed by atoms with E-state index in [0.717, 1.165) is 12.8 Å². The fourth-order valence-corrected chi connectivity index (χ4v) is 3.97. The van der Waals surface area contributed by atoms with Crippen molar-refractivity contribution in [3.63, 3.8) is 0 Å². The maximum Gasteiger partial charge on any atom is 0.296 e. The lowest BCUT2D eigenvalue weighted by Gasteiger charge is -2.25. The number of likely N-dealkylation sites (tertiary alicyclic amines) is 1. The third-order valence-corrected chi connectivity index (χ3v) is 5.75. The van der Waals surface area contributed by atoms with Crippen LogP contribution in [0.15, 0.2) is 76.9 Å². The van der Waals surface area contributed by atoms with Crippen molar-refractivity contribution in [2.45, 2.75) is 32.4 Å². The number of carbonyl (C=O) groups excluding carboxylic acids is 2. The molecule has 4 rings (SSSR count). The highest BCUT2D eigenvalue weighted by molar-refractivity contribution is 6.46. The molecule has 0 aliphatic carbocycles. The highest BCUT2D eigenvalue weighted by atomic mass is 16.5. The summed E-state index contributed by atoms with van der Waals surface area (Å²) in [5.74, 6) is 0.0927. The molecule has 1 aromatic heterocycles. The third-order valence-electron chi connectivity index (χ3n) is 5.75. The molecule has 1 aliphatic rings. The first-order valence-electron chi connectivity index (χ1n) is 11.2. The van der Waals surface area contributed by atoms with Crippen molar-refractivity contribution < 1.29 is 28.6 Å². The smallest absolute Gasteiger partial charge is 0.296 e. The van der Waals surface area contributed by atoms with Gasteiger partial charge in [0.15, 0.2) is 0 Å². The number of ether oxygens (including phenoxy) is 2.